The number of amides is 1. The molecule has 2 aromatic heterocycles. The third kappa shape index (κ3) is 5.28. The maximum atomic E-state index is 12.3. The van der Waals surface area contributed by atoms with Crippen LogP contribution < -0.4 is 5.32 Å². The Hall–Kier alpha value is -2.02. The molecule has 0 aliphatic carbocycles. The largest absolute Gasteiger partial charge is 0.352 e. The second kappa shape index (κ2) is 9.45. The van der Waals surface area contributed by atoms with Gasteiger partial charge in [0.15, 0.2) is 0 Å². The predicted octanol–water partition coefficient (Wildman–Crippen LogP) is 4.72. The number of rotatable bonds is 7. The van der Waals surface area contributed by atoms with E-state index in [2.05, 4.69) is 50.9 Å². The van der Waals surface area contributed by atoms with E-state index in [0.717, 1.165) is 28.4 Å². The maximum absolute atomic E-state index is 12.3. The van der Waals surface area contributed by atoms with Crippen LogP contribution in [0.1, 0.15) is 36.1 Å². The number of aromatic nitrogens is 1. The van der Waals surface area contributed by atoms with Crippen LogP contribution >= 0.6 is 22.7 Å². The number of carbonyl (C=O) groups excluding carboxylic acids is 1. The van der Waals surface area contributed by atoms with Gasteiger partial charge < -0.3 is 5.32 Å². The fourth-order valence-electron chi connectivity index (χ4n) is 3.47. The molecule has 4 nitrogen and oxygen atoms in total. The first kappa shape index (κ1) is 19.3. The first-order valence-electron chi connectivity index (χ1n) is 9.80. The molecule has 0 radical (unpaired) electrons. The van der Waals surface area contributed by atoms with Crippen molar-refractivity contribution in [2.45, 2.75) is 38.8 Å². The molecular weight excluding hydrogens is 386 g/mol. The lowest BCUT2D eigenvalue weighted by Gasteiger charge is -2.26. The van der Waals surface area contributed by atoms with E-state index in [1.165, 1.54) is 37.9 Å². The Kier molecular flexibility index (Phi) is 6.52. The molecule has 1 amide bonds. The Morgan fingerprint density at radius 1 is 1.04 bits per heavy atom. The van der Waals surface area contributed by atoms with E-state index in [4.69, 9.17) is 0 Å². The standard InChI is InChI=1S/C22H25N3OS2/c26-21(12-20-16-28-22(24-20)19-8-11-27-15-19)23-13-17-4-6-18(7-5-17)14-25-9-2-1-3-10-25/h4-8,11,15-16H,1-3,9-10,12-14H2,(H,23,26). The second-order valence-electron chi connectivity index (χ2n) is 7.26. The van der Waals surface area contributed by atoms with E-state index in [1.807, 2.05) is 10.8 Å². The summed E-state index contributed by atoms with van der Waals surface area (Å²) >= 11 is 3.25. The molecule has 1 aromatic carbocycles. The minimum atomic E-state index is 0.0135. The van der Waals surface area contributed by atoms with Crippen molar-refractivity contribution >= 4 is 28.6 Å². The Balaban J connectivity index is 1.24. The van der Waals surface area contributed by atoms with Gasteiger partial charge in [-0.2, -0.15) is 11.3 Å². The fourth-order valence-corrected chi connectivity index (χ4v) is 5.00. The summed E-state index contributed by atoms with van der Waals surface area (Å²) in [5.74, 6) is 0.0135. The van der Waals surface area contributed by atoms with Crippen LogP contribution in [-0.2, 0) is 24.3 Å². The number of nitrogens with zero attached hydrogens (tertiary/aromatic N) is 2. The van der Waals surface area contributed by atoms with Crippen molar-refractivity contribution in [1.29, 1.82) is 0 Å². The Morgan fingerprint density at radius 2 is 1.82 bits per heavy atom. The summed E-state index contributed by atoms with van der Waals surface area (Å²) in [4.78, 5) is 19.4. The van der Waals surface area contributed by atoms with E-state index >= 15 is 0 Å². The first-order valence-corrected chi connectivity index (χ1v) is 11.6. The monoisotopic (exact) mass is 411 g/mol. The van der Waals surface area contributed by atoms with Gasteiger partial charge in [0.05, 0.1) is 12.1 Å². The Bertz CT molecular complexity index is 881. The molecule has 28 heavy (non-hydrogen) atoms. The van der Waals surface area contributed by atoms with Crippen molar-refractivity contribution in [2.24, 2.45) is 0 Å². The van der Waals surface area contributed by atoms with Gasteiger partial charge in [-0.1, -0.05) is 30.7 Å². The van der Waals surface area contributed by atoms with E-state index in [9.17, 15) is 4.79 Å². The van der Waals surface area contributed by atoms with Crippen molar-refractivity contribution in [3.05, 3.63) is 63.3 Å². The molecule has 3 heterocycles. The number of carbonyl (C=O) groups is 1. The molecule has 4 rings (SSSR count). The highest BCUT2D eigenvalue weighted by Gasteiger charge is 2.11. The third-order valence-electron chi connectivity index (χ3n) is 5.03. The molecule has 1 saturated heterocycles. The molecule has 1 N–H and O–H groups in total. The SMILES string of the molecule is O=C(Cc1csc(-c2ccsc2)n1)NCc1ccc(CN2CCCCC2)cc1. The van der Waals surface area contributed by atoms with Gasteiger partial charge >= 0.3 is 0 Å². The summed E-state index contributed by atoms with van der Waals surface area (Å²) in [5, 5.41) is 10.1. The number of nitrogens with one attached hydrogen (secondary N) is 1. The zero-order valence-electron chi connectivity index (χ0n) is 15.9. The van der Waals surface area contributed by atoms with Gasteiger partial charge in [0.1, 0.15) is 5.01 Å². The molecule has 6 heteroatoms. The van der Waals surface area contributed by atoms with Gasteiger partial charge in [-0.15, -0.1) is 11.3 Å². The van der Waals surface area contributed by atoms with E-state index in [0.29, 0.717) is 13.0 Å². The Morgan fingerprint density at radius 3 is 2.57 bits per heavy atom. The van der Waals surface area contributed by atoms with Crippen molar-refractivity contribution in [1.82, 2.24) is 15.2 Å². The van der Waals surface area contributed by atoms with Crippen LogP contribution in [0, 0.1) is 0 Å². The topological polar surface area (TPSA) is 45.2 Å². The minimum absolute atomic E-state index is 0.0135. The van der Waals surface area contributed by atoms with Crippen LogP contribution in [0.25, 0.3) is 10.6 Å². The predicted molar refractivity (Wildman–Crippen MR) is 117 cm³/mol. The maximum Gasteiger partial charge on any atom is 0.226 e. The number of hydrogen-bond donors (Lipinski definition) is 1. The zero-order valence-corrected chi connectivity index (χ0v) is 17.5. The first-order chi connectivity index (χ1) is 13.8. The van der Waals surface area contributed by atoms with E-state index in [-0.39, 0.29) is 5.91 Å². The van der Waals surface area contributed by atoms with E-state index < -0.39 is 0 Å². The number of thiazole rings is 1. The average molecular weight is 412 g/mol. The lowest BCUT2D eigenvalue weighted by atomic mass is 10.1. The summed E-state index contributed by atoms with van der Waals surface area (Å²) in [6.45, 7) is 4.01. The van der Waals surface area contributed by atoms with Crippen molar-refractivity contribution in [2.75, 3.05) is 13.1 Å². The quantitative estimate of drug-likeness (QED) is 0.612. The molecule has 0 bridgehead atoms. The van der Waals surface area contributed by atoms with Gasteiger partial charge in [-0.3, -0.25) is 9.69 Å². The molecule has 146 valence electrons. The van der Waals surface area contributed by atoms with Crippen LogP contribution in [-0.4, -0.2) is 28.9 Å². The average Bonchev–Trinajstić information content (AvgIpc) is 3.40. The summed E-state index contributed by atoms with van der Waals surface area (Å²) in [6, 6.07) is 10.7. The van der Waals surface area contributed by atoms with Crippen LogP contribution in [0.15, 0.2) is 46.5 Å². The molecular formula is C22H25N3OS2. The number of benzene rings is 1. The lowest BCUT2D eigenvalue weighted by molar-refractivity contribution is -0.120. The van der Waals surface area contributed by atoms with Gasteiger partial charge in [0, 0.05) is 29.4 Å². The molecule has 0 unspecified atom stereocenters. The number of likely N-dealkylation sites (tertiary alicyclic amines) is 1. The lowest BCUT2D eigenvalue weighted by Crippen LogP contribution is -2.29. The van der Waals surface area contributed by atoms with Crippen LogP contribution in [0.5, 0.6) is 0 Å². The molecule has 0 spiro atoms. The highest BCUT2D eigenvalue weighted by atomic mass is 32.1. The second-order valence-corrected chi connectivity index (χ2v) is 8.90. The fraction of sp³-hybridized carbons (Fsp3) is 0.364. The smallest absolute Gasteiger partial charge is 0.226 e. The zero-order chi connectivity index (χ0) is 19.2. The normalized spacial score (nSPS) is 14.9. The molecule has 0 saturated carbocycles. The highest BCUT2D eigenvalue weighted by molar-refractivity contribution is 7.14. The molecule has 1 fully saturated rings. The number of hydrogen-bond acceptors (Lipinski definition) is 5. The van der Waals surface area contributed by atoms with Gasteiger partial charge in [-0.25, -0.2) is 4.98 Å². The van der Waals surface area contributed by atoms with Gasteiger partial charge in [0.2, 0.25) is 5.91 Å². The summed E-state index contributed by atoms with van der Waals surface area (Å²) in [6.07, 6.45) is 4.33. The van der Waals surface area contributed by atoms with Crippen molar-refractivity contribution < 1.29 is 4.79 Å². The van der Waals surface area contributed by atoms with Gasteiger partial charge in [0.25, 0.3) is 0 Å². The van der Waals surface area contributed by atoms with Crippen LogP contribution in [0.4, 0.5) is 0 Å². The van der Waals surface area contributed by atoms with Crippen LogP contribution in [0.3, 0.4) is 0 Å². The molecule has 1 aliphatic heterocycles. The molecule has 3 aromatic rings. The summed E-state index contributed by atoms with van der Waals surface area (Å²) in [7, 11) is 0. The molecule has 0 atom stereocenters. The number of thiophene rings is 1. The van der Waals surface area contributed by atoms with Crippen molar-refractivity contribution in [3.63, 3.8) is 0 Å². The summed E-state index contributed by atoms with van der Waals surface area (Å²) in [5.41, 5.74) is 4.44. The van der Waals surface area contributed by atoms with Gasteiger partial charge in [-0.05, 0) is 48.5 Å². The summed E-state index contributed by atoms with van der Waals surface area (Å²) < 4.78 is 0. The minimum Gasteiger partial charge on any atom is -0.352 e. The van der Waals surface area contributed by atoms with Crippen molar-refractivity contribution in [3.8, 4) is 10.6 Å². The van der Waals surface area contributed by atoms with E-state index in [1.54, 1.807) is 22.7 Å². The third-order valence-corrected chi connectivity index (χ3v) is 6.65. The molecule has 1 aliphatic rings. The number of piperidine rings is 1. The van der Waals surface area contributed by atoms with Crippen LogP contribution in [0.2, 0.25) is 0 Å². The Labute approximate surface area is 174 Å². The highest BCUT2D eigenvalue weighted by Crippen LogP contribution is 2.25.